The van der Waals surface area contributed by atoms with Gasteiger partial charge in [-0.2, -0.15) is 0 Å². The van der Waals surface area contributed by atoms with E-state index in [4.69, 9.17) is 14.3 Å². The fourth-order valence-corrected chi connectivity index (χ4v) is 2.44. The molecule has 0 radical (unpaired) electrons. The minimum Gasteiger partial charge on any atom is -0.478 e. The van der Waals surface area contributed by atoms with E-state index in [1.807, 2.05) is 30.3 Å². The fraction of sp³-hybridized carbons (Fsp3) is 0.368. The Morgan fingerprint density at radius 3 is 2.60 bits per heavy atom. The quantitative estimate of drug-likeness (QED) is 0.706. The van der Waals surface area contributed by atoms with Crippen molar-refractivity contribution in [1.82, 2.24) is 4.90 Å². The molecular formula is C19H23NO5. The molecule has 6 heteroatoms. The Labute approximate surface area is 147 Å². The third-order valence-corrected chi connectivity index (χ3v) is 3.81. The second kappa shape index (κ2) is 9.03. The molecule has 0 unspecified atom stereocenters. The number of aryl methyl sites for hydroxylation is 1. The van der Waals surface area contributed by atoms with Gasteiger partial charge in [0.15, 0.2) is 0 Å². The van der Waals surface area contributed by atoms with Crippen molar-refractivity contribution in [2.75, 3.05) is 13.7 Å². The van der Waals surface area contributed by atoms with Gasteiger partial charge in [-0.25, -0.2) is 4.79 Å². The molecule has 134 valence electrons. The summed E-state index contributed by atoms with van der Waals surface area (Å²) in [4.78, 5) is 24.7. The molecule has 1 amide bonds. The maximum atomic E-state index is 12.1. The van der Waals surface area contributed by atoms with Gasteiger partial charge in [0, 0.05) is 20.1 Å². The van der Waals surface area contributed by atoms with Crippen LogP contribution >= 0.6 is 0 Å². The molecule has 0 fully saturated rings. The normalized spacial score (nSPS) is 10.6. The minimum absolute atomic E-state index is 0.0331. The molecule has 2 rings (SSSR count). The summed E-state index contributed by atoms with van der Waals surface area (Å²) in [7, 11) is 1.67. The molecule has 2 aromatic rings. The van der Waals surface area contributed by atoms with Crippen molar-refractivity contribution in [2.45, 2.75) is 32.9 Å². The summed E-state index contributed by atoms with van der Waals surface area (Å²) in [6.45, 7) is 2.89. The van der Waals surface area contributed by atoms with Gasteiger partial charge in [-0.05, 0) is 25.0 Å². The van der Waals surface area contributed by atoms with Crippen LogP contribution in [0.5, 0.6) is 0 Å². The summed E-state index contributed by atoms with van der Waals surface area (Å²) >= 11 is 0. The van der Waals surface area contributed by atoms with Crippen LogP contribution in [-0.2, 0) is 22.7 Å². The van der Waals surface area contributed by atoms with Crippen molar-refractivity contribution in [3.63, 3.8) is 0 Å². The maximum absolute atomic E-state index is 12.1. The van der Waals surface area contributed by atoms with Crippen molar-refractivity contribution < 1.29 is 23.8 Å². The third kappa shape index (κ3) is 5.76. The summed E-state index contributed by atoms with van der Waals surface area (Å²) in [6, 6.07) is 11.3. The van der Waals surface area contributed by atoms with Crippen molar-refractivity contribution in [3.05, 3.63) is 59.0 Å². The van der Waals surface area contributed by atoms with Gasteiger partial charge >= 0.3 is 5.97 Å². The van der Waals surface area contributed by atoms with Crippen LogP contribution in [0.1, 0.15) is 40.3 Å². The lowest BCUT2D eigenvalue weighted by molar-refractivity contribution is -0.131. The van der Waals surface area contributed by atoms with Crippen LogP contribution in [0.2, 0.25) is 0 Å². The number of aromatic carboxylic acids is 1. The lowest BCUT2D eigenvalue weighted by atomic mass is 10.2. The highest BCUT2D eigenvalue weighted by Crippen LogP contribution is 2.16. The lowest BCUT2D eigenvalue weighted by Gasteiger charge is -2.15. The zero-order chi connectivity index (χ0) is 18.2. The molecular weight excluding hydrogens is 322 g/mol. The number of hydrogen-bond donors (Lipinski definition) is 1. The van der Waals surface area contributed by atoms with Gasteiger partial charge in [-0.3, -0.25) is 4.79 Å². The highest BCUT2D eigenvalue weighted by Gasteiger charge is 2.16. The smallest absolute Gasteiger partial charge is 0.339 e. The molecule has 25 heavy (non-hydrogen) atoms. The van der Waals surface area contributed by atoms with Crippen molar-refractivity contribution >= 4 is 11.9 Å². The van der Waals surface area contributed by atoms with Gasteiger partial charge in [0.1, 0.15) is 17.1 Å². The van der Waals surface area contributed by atoms with Gasteiger partial charge in [0.2, 0.25) is 5.91 Å². The molecule has 1 aromatic carbocycles. The van der Waals surface area contributed by atoms with Crippen LogP contribution in [0.15, 0.2) is 40.8 Å². The summed E-state index contributed by atoms with van der Waals surface area (Å²) < 4.78 is 10.9. The first-order chi connectivity index (χ1) is 12.0. The zero-order valence-corrected chi connectivity index (χ0v) is 14.5. The van der Waals surface area contributed by atoms with Gasteiger partial charge in [-0.1, -0.05) is 30.3 Å². The number of amides is 1. The first-order valence-electron chi connectivity index (χ1n) is 8.15. The molecule has 0 saturated heterocycles. The summed E-state index contributed by atoms with van der Waals surface area (Å²) in [5, 5.41) is 9.02. The van der Waals surface area contributed by atoms with E-state index in [2.05, 4.69) is 0 Å². The highest BCUT2D eigenvalue weighted by atomic mass is 16.5. The zero-order valence-electron chi connectivity index (χ0n) is 14.5. The van der Waals surface area contributed by atoms with Crippen LogP contribution in [0.25, 0.3) is 0 Å². The molecule has 1 N–H and O–H groups in total. The number of nitrogens with zero attached hydrogens (tertiary/aromatic N) is 1. The number of rotatable bonds is 9. The van der Waals surface area contributed by atoms with E-state index in [9.17, 15) is 9.59 Å². The number of carbonyl (C=O) groups is 2. The van der Waals surface area contributed by atoms with E-state index in [1.54, 1.807) is 14.0 Å². The number of benzene rings is 1. The van der Waals surface area contributed by atoms with E-state index in [-0.39, 0.29) is 18.0 Å². The van der Waals surface area contributed by atoms with Crippen molar-refractivity contribution in [3.8, 4) is 0 Å². The topological polar surface area (TPSA) is 80.0 Å². The average Bonchev–Trinajstić information content (AvgIpc) is 2.95. The van der Waals surface area contributed by atoms with E-state index < -0.39 is 5.97 Å². The van der Waals surface area contributed by atoms with Crippen LogP contribution < -0.4 is 0 Å². The number of furan rings is 1. The van der Waals surface area contributed by atoms with E-state index in [0.717, 1.165) is 5.56 Å². The number of carbonyl (C=O) groups excluding carboxylic acids is 1. The van der Waals surface area contributed by atoms with Gasteiger partial charge < -0.3 is 19.2 Å². The average molecular weight is 345 g/mol. The lowest BCUT2D eigenvalue weighted by Crippen LogP contribution is -2.26. The first kappa shape index (κ1) is 18.7. The second-order valence-corrected chi connectivity index (χ2v) is 5.88. The van der Waals surface area contributed by atoms with Crippen LogP contribution in [0, 0.1) is 6.92 Å². The monoisotopic (exact) mass is 345 g/mol. The van der Waals surface area contributed by atoms with E-state index in [0.29, 0.717) is 37.6 Å². The Morgan fingerprint density at radius 1 is 1.24 bits per heavy atom. The molecule has 1 heterocycles. The summed E-state index contributed by atoms with van der Waals surface area (Å²) in [5.74, 6) is -0.255. The number of ether oxygens (including phenoxy) is 1. The summed E-state index contributed by atoms with van der Waals surface area (Å²) in [5.41, 5.74) is 1.23. The van der Waals surface area contributed by atoms with Crippen molar-refractivity contribution in [2.24, 2.45) is 0 Å². The van der Waals surface area contributed by atoms with E-state index in [1.165, 1.54) is 11.0 Å². The Morgan fingerprint density at radius 2 is 1.96 bits per heavy atom. The standard InChI is InChI=1S/C19H23NO5/c1-14-17(19(22)23)11-16(25-14)12-20(2)18(21)9-6-10-24-13-15-7-4-3-5-8-15/h3-5,7-8,11H,6,9-10,12-13H2,1-2H3,(H,22,23). The van der Waals surface area contributed by atoms with E-state index >= 15 is 0 Å². The Hall–Kier alpha value is -2.60. The summed E-state index contributed by atoms with van der Waals surface area (Å²) in [6.07, 6.45) is 1.00. The Bertz CT molecular complexity index is 708. The number of hydrogen-bond acceptors (Lipinski definition) is 4. The minimum atomic E-state index is -1.03. The SMILES string of the molecule is Cc1oc(CN(C)C(=O)CCCOCc2ccccc2)cc1C(=O)O. The maximum Gasteiger partial charge on any atom is 0.339 e. The number of carboxylic acid groups (broad SMARTS) is 1. The predicted octanol–water partition coefficient (Wildman–Crippen LogP) is 3.24. The van der Waals surface area contributed by atoms with Crippen molar-refractivity contribution in [1.29, 1.82) is 0 Å². The van der Waals surface area contributed by atoms with Crippen LogP contribution in [0.3, 0.4) is 0 Å². The molecule has 0 aliphatic heterocycles. The number of carboxylic acids is 1. The van der Waals surface area contributed by atoms with Crippen LogP contribution in [-0.4, -0.2) is 35.5 Å². The van der Waals surface area contributed by atoms with Gasteiger partial charge in [0.05, 0.1) is 13.2 Å². The van der Waals surface area contributed by atoms with Gasteiger partial charge in [-0.15, -0.1) is 0 Å². The molecule has 6 nitrogen and oxygen atoms in total. The molecule has 1 aromatic heterocycles. The fourth-order valence-electron chi connectivity index (χ4n) is 2.44. The predicted molar refractivity (Wildman–Crippen MR) is 92.2 cm³/mol. The van der Waals surface area contributed by atoms with Crippen LogP contribution in [0.4, 0.5) is 0 Å². The highest BCUT2D eigenvalue weighted by molar-refractivity contribution is 5.88. The Kier molecular flexibility index (Phi) is 6.77. The molecule has 0 bridgehead atoms. The third-order valence-electron chi connectivity index (χ3n) is 3.81. The van der Waals surface area contributed by atoms with Gasteiger partial charge in [0.25, 0.3) is 0 Å². The molecule has 0 atom stereocenters. The molecule has 0 aliphatic carbocycles. The second-order valence-electron chi connectivity index (χ2n) is 5.88. The molecule has 0 spiro atoms. The Balaban J connectivity index is 1.69. The largest absolute Gasteiger partial charge is 0.478 e. The first-order valence-corrected chi connectivity index (χ1v) is 8.15. The molecule has 0 saturated carbocycles. The molecule has 0 aliphatic rings.